The van der Waals surface area contributed by atoms with Gasteiger partial charge in [-0.1, -0.05) is 78.4 Å². The Morgan fingerprint density at radius 2 is 1.60 bits per heavy atom. The predicted octanol–water partition coefficient (Wildman–Crippen LogP) is 7.63. The van der Waals surface area contributed by atoms with Crippen molar-refractivity contribution in [3.63, 3.8) is 0 Å². The molecule has 1 aliphatic carbocycles. The van der Waals surface area contributed by atoms with E-state index in [1.165, 1.54) is 22.9 Å². The highest BCUT2D eigenvalue weighted by Crippen LogP contribution is 2.31. The maximum Gasteiger partial charge on any atom is 0.335 e. The number of rotatable bonds is 12. The molecular formula is C41H42ClN5O3. The van der Waals surface area contributed by atoms with Crippen molar-refractivity contribution in [1.82, 2.24) is 14.0 Å². The fourth-order valence-electron chi connectivity index (χ4n) is 7.08. The second-order valence-corrected chi connectivity index (χ2v) is 13.4. The number of nitrogens with zero attached hydrogens (tertiary/aromatic N) is 4. The molecule has 1 aliphatic heterocycles. The Kier molecular flexibility index (Phi) is 10.2. The largest absolute Gasteiger partial charge is 0.494 e. The van der Waals surface area contributed by atoms with Crippen LogP contribution in [0.5, 0.6) is 5.75 Å². The predicted molar refractivity (Wildman–Crippen MR) is 199 cm³/mol. The van der Waals surface area contributed by atoms with Crippen LogP contribution in [-0.4, -0.2) is 57.9 Å². The van der Waals surface area contributed by atoms with E-state index in [9.17, 15) is 9.90 Å². The minimum absolute atomic E-state index is 0.203. The first-order valence-electron chi connectivity index (χ1n) is 17.3. The molecule has 7 rings (SSSR count). The van der Waals surface area contributed by atoms with Gasteiger partial charge in [-0.2, -0.15) is 0 Å². The lowest BCUT2D eigenvalue weighted by Crippen LogP contribution is -2.46. The summed E-state index contributed by atoms with van der Waals surface area (Å²) >= 11 is 6.18. The number of ether oxygens (including phenoxy) is 1. The smallest absolute Gasteiger partial charge is 0.335 e. The second kappa shape index (κ2) is 15.2. The van der Waals surface area contributed by atoms with Crippen LogP contribution in [-0.2, 0) is 19.6 Å². The van der Waals surface area contributed by atoms with Gasteiger partial charge in [-0.25, -0.2) is 4.79 Å². The van der Waals surface area contributed by atoms with Crippen molar-refractivity contribution in [2.24, 2.45) is 0 Å². The SMILES string of the molecule is N=c1n(CCCOc2cccc(C(=O)O)c2)c2ccccc2n1Cc1ccc(N2CCN(Cc3ccccc3C3C=CC(Cl)=CC3)CC2)cc1. The second-order valence-electron chi connectivity index (χ2n) is 13.0. The van der Waals surface area contributed by atoms with Crippen molar-refractivity contribution in [1.29, 1.82) is 5.41 Å². The highest BCUT2D eigenvalue weighted by molar-refractivity contribution is 6.31. The van der Waals surface area contributed by atoms with Crippen LogP contribution < -0.4 is 15.3 Å². The van der Waals surface area contributed by atoms with Gasteiger partial charge in [0, 0.05) is 55.9 Å². The summed E-state index contributed by atoms with van der Waals surface area (Å²) < 4.78 is 9.92. The number of aromatic nitrogens is 2. The number of nitrogens with one attached hydrogen (secondary N) is 1. The highest BCUT2D eigenvalue weighted by Gasteiger charge is 2.21. The minimum Gasteiger partial charge on any atom is -0.494 e. The molecule has 50 heavy (non-hydrogen) atoms. The quantitative estimate of drug-likeness (QED) is 0.132. The lowest BCUT2D eigenvalue weighted by Gasteiger charge is -2.36. The number of aromatic carboxylic acids is 1. The molecule has 0 radical (unpaired) electrons. The van der Waals surface area contributed by atoms with Gasteiger partial charge in [0.15, 0.2) is 0 Å². The third-order valence-corrected chi connectivity index (χ3v) is 10.0. The molecule has 9 heteroatoms. The van der Waals surface area contributed by atoms with Crippen LogP contribution in [0.3, 0.4) is 0 Å². The van der Waals surface area contributed by atoms with Crippen molar-refractivity contribution in [3.05, 3.63) is 148 Å². The number of piperazine rings is 1. The molecule has 0 saturated carbocycles. The molecule has 1 aromatic heterocycles. The maximum absolute atomic E-state index is 11.3. The monoisotopic (exact) mass is 687 g/mol. The van der Waals surface area contributed by atoms with Gasteiger partial charge in [-0.05, 0) is 78.1 Å². The summed E-state index contributed by atoms with van der Waals surface area (Å²) in [6.07, 6.45) is 8.00. The van der Waals surface area contributed by atoms with E-state index in [0.717, 1.165) is 60.8 Å². The number of allylic oxidation sites excluding steroid dienone is 4. The van der Waals surface area contributed by atoms with Gasteiger partial charge in [0.1, 0.15) is 5.75 Å². The number of benzene rings is 4. The molecule has 256 valence electrons. The summed E-state index contributed by atoms with van der Waals surface area (Å²) in [6, 6.07) is 32.3. The van der Waals surface area contributed by atoms with E-state index < -0.39 is 5.97 Å². The Morgan fingerprint density at radius 1 is 0.860 bits per heavy atom. The van der Waals surface area contributed by atoms with E-state index >= 15 is 0 Å². The van der Waals surface area contributed by atoms with Crippen LogP contribution in [0.2, 0.25) is 0 Å². The van der Waals surface area contributed by atoms with Gasteiger partial charge in [-0.3, -0.25) is 10.3 Å². The van der Waals surface area contributed by atoms with Gasteiger partial charge in [0.2, 0.25) is 5.62 Å². The van der Waals surface area contributed by atoms with Gasteiger partial charge < -0.3 is 23.9 Å². The van der Waals surface area contributed by atoms with E-state index in [1.807, 2.05) is 22.8 Å². The first kappa shape index (κ1) is 33.4. The van der Waals surface area contributed by atoms with Crippen molar-refractivity contribution < 1.29 is 14.6 Å². The third-order valence-electron chi connectivity index (χ3n) is 9.77. The first-order valence-corrected chi connectivity index (χ1v) is 17.7. The fourth-order valence-corrected chi connectivity index (χ4v) is 7.24. The Hall–Kier alpha value is -5.05. The average molecular weight is 688 g/mol. The number of halogens is 1. The van der Waals surface area contributed by atoms with Crippen LogP contribution >= 0.6 is 11.6 Å². The molecule has 0 spiro atoms. The highest BCUT2D eigenvalue weighted by atomic mass is 35.5. The number of imidazole rings is 1. The molecule has 8 nitrogen and oxygen atoms in total. The molecule has 1 unspecified atom stereocenters. The van der Waals surface area contributed by atoms with Gasteiger partial charge in [0.25, 0.3) is 0 Å². The summed E-state index contributed by atoms with van der Waals surface area (Å²) in [5, 5.41) is 19.2. The standard InChI is InChI=1S/C41H42ClN5O3/c42-34-17-15-31(16-18-34)37-10-2-1-7-33(37)29-44-22-24-45(25-23-44)35-19-13-30(14-20-35)28-47-39-12-4-3-11-38(39)46(41(47)43)21-6-26-50-36-9-5-8-32(27-36)40(48)49/h1-5,7-15,17-20,27,31,43H,6,16,21-26,28-29H2,(H,48,49). The Balaban J connectivity index is 0.955. The number of hydrogen-bond acceptors (Lipinski definition) is 5. The molecule has 1 fully saturated rings. The lowest BCUT2D eigenvalue weighted by molar-refractivity contribution is 0.0696. The first-order chi connectivity index (χ1) is 24.4. The van der Waals surface area contributed by atoms with Crippen molar-refractivity contribution in [2.75, 3.05) is 37.7 Å². The summed E-state index contributed by atoms with van der Waals surface area (Å²) in [5.41, 5.74) is 7.87. The number of hydrogen-bond donors (Lipinski definition) is 2. The van der Waals surface area contributed by atoms with Gasteiger partial charge >= 0.3 is 5.97 Å². The van der Waals surface area contributed by atoms with E-state index in [-0.39, 0.29) is 5.56 Å². The fraction of sp³-hybridized carbons (Fsp3) is 0.268. The topological polar surface area (TPSA) is 86.7 Å². The molecule has 0 bridgehead atoms. The third kappa shape index (κ3) is 7.57. The van der Waals surface area contributed by atoms with E-state index in [4.69, 9.17) is 21.7 Å². The maximum atomic E-state index is 11.3. The molecule has 2 N–H and O–H groups in total. The Bertz CT molecular complexity index is 2090. The molecule has 4 aromatic carbocycles. The number of carbonyl (C=O) groups is 1. The van der Waals surface area contributed by atoms with Gasteiger partial charge in [-0.15, -0.1) is 0 Å². The zero-order valence-corrected chi connectivity index (χ0v) is 28.8. The Labute approximate surface area is 297 Å². The van der Waals surface area contributed by atoms with E-state index in [0.29, 0.717) is 43.4 Å². The summed E-state index contributed by atoms with van der Waals surface area (Å²) in [4.78, 5) is 16.3. The van der Waals surface area contributed by atoms with Crippen molar-refractivity contribution in [3.8, 4) is 5.75 Å². The average Bonchev–Trinajstić information content (AvgIpc) is 3.41. The van der Waals surface area contributed by atoms with Crippen LogP contribution in [0.25, 0.3) is 11.0 Å². The molecule has 2 aliphatic rings. The van der Waals surface area contributed by atoms with Crippen LogP contribution in [0.15, 0.2) is 120 Å². The summed E-state index contributed by atoms with van der Waals surface area (Å²) in [7, 11) is 0. The number of fused-ring (bicyclic) bond motifs is 1. The van der Waals surface area contributed by atoms with Crippen molar-refractivity contribution in [2.45, 2.75) is 38.4 Å². The number of aryl methyl sites for hydroxylation is 1. The zero-order chi connectivity index (χ0) is 34.5. The minimum atomic E-state index is -0.976. The molecular weight excluding hydrogens is 646 g/mol. The number of anilines is 1. The molecule has 5 aromatic rings. The van der Waals surface area contributed by atoms with E-state index in [1.54, 1.807) is 18.2 Å². The number of carboxylic acids is 1. The molecule has 1 atom stereocenters. The van der Waals surface area contributed by atoms with E-state index in [2.05, 4.69) is 87.2 Å². The van der Waals surface area contributed by atoms with Crippen LogP contribution in [0.4, 0.5) is 5.69 Å². The zero-order valence-electron chi connectivity index (χ0n) is 28.0. The lowest BCUT2D eigenvalue weighted by atomic mass is 9.89. The molecule has 1 saturated heterocycles. The molecule has 2 heterocycles. The summed E-state index contributed by atoms with van der Waals surface area (Å²) in [6.45, 7) is 6.59. The number of para-hydroxylation sites is 2. The Morgan fingerprint density at radius 3 is 2.34 bits per heavy atom. The van der Waals surface area contributed by atoms with Crippen LogP contribution in [0.1, 0.15) is 45.8 Å². The van der Waals surface area contributed by atoms with Crippen LogP contribution in [0, 0.1) is 5.41 Å². The normalized spacial score (nSPS) is 16.5. The summed E-state index contributed by atoms with van der Waals surface area (Å²) in [5.74, 6) is -0.0611. The van der Waals surface area contributed by atoms with Crippen molar-refractivity contribution >= 4 is 34.3 Å². The van der Waals surface area contributed by atoms with Gasteiger partial charge in [0.05, 0.1) is 29.7 Å². The molecule has 0 amide bonds. The number of carboxylic acid groups (broad SMARTS) is 1.